The van der Waals surface area contributed by atoms with E-state index >= 15 is 0 Å². The van der Waals surface area contributed by atoms with Crippen LogP contribution >= 0.6 is 12.2 Å². The zero-order chi connectivity index (χ0) is 14.7. The van der Waals surface area contributed by atoms with Gasteiger partial charge in [0.1, 0.15) is 11.0 Å². The molecule has 2 amide bonds. The van der Waals surface area contributed by atoms with Gasteiger partial charge in [-0.2, -0.15) is 0 Å². The second kappa shape index (κ2) is 6.00. The van der Waals surface area contributed by atoms with E-state index in [4.69, 9.17) is 23.7 Å². The van der Waals surface area contributed by atoms with Crippen LogP contribution in [-0.2, 0) is 4.79 Å². The molecule has 0 radical (unpaired) electrons. The molecule has 1 atom stereocenters. The Hall–Kier alpha value is -1.95. The number of primary amides is 1. The normalized spacial score (nSPS) is 18.6. The van der Waals surface area contributed by atoms with Crippen LogP contribution in [0.1, 0.15) is 35.2 Å². The Kier molecular flexibility index (Phi) is 4.34. The Labute approximate surface area is 122 Å². The smallest absolute Gasteiger partial charge is 0.254 e. The summed E-state index contributed by atoms with van der Waals surface area (Å²) in [7, 11) is 0. The SMILES string of the molecule is NC(=O)C1CCCCN1C(=O)c1ccc(C(N)=S)cc1. The molecular weight excluding hydrogens is 274 g/mol. The Morgan fingerprint density at radius 2 is 1.70 bits per heavy atom. The van der Waals surface area contributed by atoms with Crippen molar-refractivity contribution < 1.29 is 9.59 Å². The summed E-state index contributed by atoms with van der Waals surface area (Å²) in [6, 6.07) is 6.25. The number of carbonyl (C=O) groups excluding carboxylic acids is 2. The molecule has 106 valence electrons. The van der Waals surface area contributed by atoms with Gasteiger partial charge in [-0.25, -0.2) is 0 Å². The predicted octanol–water partition coefficient (Wildman–Crippen LogP) is 0.801. The molecular formula is C14H17N3O2S. The standard InChI is InChI=1S/C14H17N3O2S/c15-12(18)11-3-1-2-8-17(11)14(19)10-6-4-9(5-7-10)13(16)20/h4-7,11H,1-3,8H2,(H2,15,18)(H2,16,20). The van der Waals surface area contributed by atoms with Crippen LogP contribution in [0.15, 0.2) is 24.3 Å². The molecule has 4 N–H and O–H groups in total. The lowest BCUT2D eigenvalue weighted by Gasteiger charge is -2.33. The number of carbonyl (C=O) groups is 2. The maximum atomic E-state index is 12.4. The van der Waals surface area contributed by atoms with Crippen molar-refractivity contribution in [2.24, 2.45) is 11.5 Å². The molecule has 1 aromatic rings. The van der Waals surface area contributed by atoms with Crippen LogP contribution in [0.25, 0.3) is 0 Å². The third-order valence-electron chi connectivity index (χ3n) is 3.51. The predicted molar refractivity (Wildman–Crippen MR) is 80.2 cm³/mol. The summed E-state index contributed by atoms with van der Waals surface area (Å²) >= 11 is 4.87. The van der Waals surface area contributed by atoms with E-state index in [2.05, 4.69) is 0 Å². The van der Waals surface area contributed by atoms with Gasteiger partial charge in [0.2, 0.25) is 5.91 Å². The van der Waals surface area contributed by atoms with E-state index in [0.717, 1.165) is 12.8 Å². The van der Waals surface area contributed by atoms with Crippen LogP contribution in [0.3, 0.4) is 0 Å². The summed E-state index contributed by atoms with van der Waals surface area (Å²) in [5, 5.41) is 0. The van der Waals surface area contributed by atoms with Gasteiger partial charge in [-0.1, -0.05) is 24.4 Å². The van der Waals surface area contributed by atoms with E-state index in [1.54, 1.807) is 29.2 Å². The third kappa shape index (κ3) is 2.96. The van der Waals surface area contributed by atoms with Crippen LogP contribution in [0.2, 0.25) is 0 Å². The molecule has 1 aromatic carbocycles. The summed E-state index contributed by atoms with van der Waals surface area (Å²) in [5.41, 5.74) is 12.1. The first-order chi connectivity index (χ1) is 9.50. The molecule has 1 aliphatic heterocycles. The first-order valence-electron chi connectivity index (χ1n) is 6.51. The summed E-state index contributed by atoms with van der Waals surface area (Å²) < 4.78 is 0. The minimum atomic E-state index is -0.508. The van der Waals surface area contributed by atoms with Crippen LogP contribution < -0.4 is 11.5 Å². The van der Waals surface area contributed by atoms with Crippen molar-refractivity contribution in [2.45, 2.75) is 25.3 Å². The number of piperidine rings is 1. The third-order valence-corrected chi connectivity index (χ3v) is 3.74. The molecule has 1 heterocycles. The quantitative estimate of drug-likeness (QED) is 0.806. The highest BCUT2D eigenvalue weighted by molar-refractivity contribution is 7.80. The molecule has 1 fully saturated rings. The van der Waals surface area contributed by atoms with Crippen molar-refractivity contribution in [3.63, 3.8) is 0 Å². The summed E-state index contributed by atoms with van der Waals surface area (Å²) in [4.78, 5) is 25.7. The largest absolute Gasteiger partial charge is 0.389 e. The van der Waals surface area contributed by atoms with Crippen molar-refractivity contribution in [3.05, 3.63) is 35.4 Å². The number of nitrogens with zero attached hydrogens (tertiary/aromatic N) is 1. The lowest BCUT2D eigenvalue weighted by molar-refractivity contribution is -0.123. The molecule has 1 unspecified atom stereocenters. The molecule has 2 rings (SSSR count). The second-order valence-electron chi connectivity index (χ2n) is 4.85. The van der Waals surface area contributed by atoms with Crippen molar-refractivity contribution >= 4 is 29.0 Å². The number of amides is 2. The van der Waals surface area contributed by atoms with Crippen molar-refractivity contribution in [1.82, 2.24) is 4.90 Å². The Balaban J connectivity index is 2.20. The Morgan fingerprint density at radius 1 is 1.10 bits per heavy atom. The molecule has 0 aromatic heterocycles. The lowest BCUT2D eigenvalue weighted by atomic mass is 10.00. The summed E-state index contributed by atoms with van der Waals surface area (Å²) in [6.07, 6.45) is 2.43. The number of benzene rings is 1. The first-order valence-corrected chi connectivity index (χ1v) is 6.91. The molecule has 6 heteroatoms. The van der Waals surface area contributed by atoms with Gasteiger partial charge in [0.05, 0.1) is 0 Å². The maximum Gasteiger partial charge on any atom is 0.254 e. The number of hydrogen-bond acceptors (Lipinski definition) is 3. The molecule has 0 bridgehead atoms. The lowest BCUT2D eigenvalue weighted by Crippen LogP contribution is -2.50. The second-order valence-corrected chi connectivity index (χ2v) is 5.29. The van der Waals surface area contributed by atoms with E-state index in [9.17, 15) is 9.59 Å². The molecule has 20 heavy (non-hydrogen) atoms. The fraction of sp³-hybridized carbons (Fsp3) is 0.357. The van der Waals surface area contributed by atoms with Crippen LogP contribution in [0.5, 0.6) is 0 Å². The van der Waals surface area contributed by atoms with E-state index in [1.807, 2.05) is 0 Å². The van der Waals surface area contributed by atoms with E-state index in [1.165, 1.54) is 0 Å². The monoisotopic (exact) mass is 291 g/mol. The van der Waals surface area contributed by atoms with Crippen molar-refractivity contribution in [2.75, 3.05) is 6.54 Å². The van der Waals surface area contributed by atoms with Gasteiger partial charge in [-0.15, -0.1) is 0 Å². The average molecular weight is 291 g/mol. The minimum Gasteiger partial charge on any atom is -0.389 e. The van der Waals surface area contributed by atoms with Crippen LogP contribution in [-0.4, -0.2) is 34.3 Å². The number of likely N-dealkylation sites (tertiary alicyclic amines) is 1. The summed E-state index contributed by atoms with van der Waals surface area (Å²) in [6.45, 7) is 0.559. The van der Waals surface area contributed by atoms with Crippen LogP contribution in [0.4, 0.5) is 0 Å². The zero-order valence-corrected chi connectivity index (χ0v) is 11.9. The molecule has 0 spiro atoms. The fourth-order valence-electron chi connectivity index (χ4n) is 2.41. The first kappa shape index (κ1) is 14.5. The number of hydrogen-bond donors (Lipinski definition) is 2. The van der Waals surface area contributed by atoms with Gasteiger partial charge >= 0.3 is 0 Å². The molecule has 1 aliphatic rings. The maximum absolute atomic E-state index is 12.4. The van der Waals surface area contributed by atoms with Gasteiger partial charge in [0.15, 0.2) is 0 Å². The number of nitrogens with two attached hydrogens (primary N) is 2. The molecule has 0 saturated carbocycles. The topological polar surface area (TPSA) is 89.4 Å². The van der Waals surface area contributed by atoms with Crippen molar-refractivity contribution in [1.29, 1.82) is 0 Å². The zero-order valence-electron chi connectivity index (χ0n) is 11.0. The molecule has 0 aliphatic carbocycles. The highest BCUT2D eigenvalue weighted by Gasteiger charge is 2.31. The fourth-order valence-corrected chi connectivity index (χ4v) is 2.55. The van der Waals surface area contributed by atoms with Gasteiger partial charge in [0, 0.05) is 17.7 Å². The van der Waals surface area contributed by atoms with Crippen LogP contribution in [0, 0.1) is 0 Å². The average Bonchev–Trinajstić information content (AvgIpc) is 2.46. The Morgan fingerprint density at radius 3 is 2.25 bits per heavy atom. The van der Waals surface area contributed by atoms with E-state index in [-0.39, 0.29) is 10.9 Å². The highest BCUT2D eigenvalue weighted by Crippen LogP contribution is 2.19. The van der Waals surface area contributed by atoms with E-state index in [0.29, 0.717) is 24.1 Å². The van der Waals surface area contributed by atoms with E-state index < -0.39 is 11.9 Å². The van der Waals surface area contributed by atoms with Gasteiger partial charge < -0.3 is 16.4 Å². The number of thiocarbonyl (C=S) groups is 1. The Bertz CT molecular complexity index is 542. The van der Waals surface area contributed by atoms with Gasteiger partial charge in [0.25, 0.3) is 5.91 Å². The van der Waals surface area contributed by atoms with Gasteiger partial charge in [-0.05, 0) is 31.4 Å². The van der Waals surface area contributed by atoms with Crippen molar-refractivity contribution in [3.8, 4) is 0 Å². The molecule has 1 saturated heterocycles. The summed E-state index contributed by atoms with van der Waals surface area (Å²) in [5.74, 6) is -0.624. The highest BCUT2D eigenvalue weighted by atomic mass is 32.1. The van der Waals surface area contributed by atoms with Gasteiger partial charge in [-0.3, -0.25) is 9.59 Å². The molecule has 5 nitrogen and oxygen atoms in total. The number of rotatable bonds is 3. The minimum absolute atomic E-state index is 0.178.